The minimum absolute atomic E-state index is 0.161. The van der Waals surface area contributed by atoms with Gasteiger partial charge in [0.1, 0.15) is 11.9 Å². The summed E-state index contributed by atoms with van der Waals surface area (Å²) in [6, 6.07) is 1.49. The molecule has 8 nitrogen and oxygen atoms in total. The van der Waals surface area contributed by atoms with Crippen molar-refractivity contribution in [2.24, 2.45) is 5.16 Å². The number of nitrogens with one attached hydrogen (secondary N) is 1. The van der Waals surface area contributed by atoms with E-state index in [1.54, 1.807) is 0 Å². The van der Waals surface area contributed by atoms with E-state index in [4.69, 9.17) is 10.6 Å². The van der Waals surface area contributed by atoms with Crippen molar-refractivity contribution in [3.05, 3.63) is 16.4 Å². The molecule has 22 heavy (non-hydrogen) atoms. The van der Waals surface area contributed by atoms with Crippen molar-refractivity contribution in [1.29, 1.82) is 0 Å². The van der Waals surface area contributed by atoms with Crippen LogP contribution in [0.2, 0.25) is 0 Å². The van der Waals surface area contributed by atoms with Gasteiger partial charge in [0.2, 0.25) is 5.95 Å². The standard InChI is InChI=1S/C14H22N6O2/c1-2-10-7-11(22-18-10)9-19-3-5-20(6-4-19)12-8-13(21)17-14(15)16-12/h8,11H,2-7,9H2,1H3,(H3,15,16,17,21). The van der Waals surface area contributed by atoms with Crippen LogP contribution in [0.4, 0.5) is 11.8 Å². The number of anilines is 2. The van der Waals surface area contributed by atoms with Crippen molar-refractivity contribution in [3.8, 4) is 0 Å². The van der Waals surface area contributed by atoms with Crippen LogP contribution in [0.15, 0.2) is 16.0 Å². The van der Waals surface area contributed by atoms with Gasteiger partial charge in [0, 0.05) is 45.2 Å². The quantitative estimate of drug-likeness (QED) is 0.814. The van der Waals surface area contributed by atoms with Crippen LogP contribution in [-0.2, 0) is 4.84 Å². The Bertz CT molecular complexity index is 606. The molecule has 1 aromatic heterocycles. The molecule has 120 valence electrons. The molecule has 1 saturated heterocycles. The fourth-order valence-electron chi connectivity index (χ4n) is 2.87. The van der Waals surface area contributed by atoms with Gasteiger partial charge in [-0.1, -0.05) is 12.1 Å². The first-order valence-electron chi connectivity index (χ1n) is 7.69. The smallest absolute Gasteiger partial charge is 0.254 e. The SMILES string of the molecule is CCC1=NOC(CN2CCN(c3cc(=O)[nH]c(N)n3)CC2)C1. The molecule has 1 atom stereocenters. The summed E-state index contributed by atoms with van der Waals surface area (Å²) in [6.07, 6.45) is 2.07. The highest BCUT2D eigenvalue weighted by molar-refractivity contribution is 5.85. The molecule has 2 aliphatic rings. The first-order valence-corrected chi connectivity index (χ1v) is 7.69. The van der Waals surface area contributed by atoms with Gasteiger partial charge in [0.25, 0.3) is 5.56 Å². The Balaban J connectivity index is 1.51. The maximum Gasteiger partial charge on any atom is 0.254 e. The molecular formula is C14H22N6O2. The van der Waals surface area contributed by atoms with Gasteiger partial charge in [0.15, 0.2) is 0 Å². The molecule has 2 aliphatic heterocycles. The van der Waals surface area contributed by atoms with E-state index in [-0.39, 0.29) is 17.6 Å². The van der Waals surface area contributed by atoms with Gasteiger partial charge < -0.3 is 15.5 Å². The molecule has 3 N–H and O–H groups in total. The van der Waals surface area contributed by atoms with Crippen LogP contribution in [0.1, 0.15) is 19.8 Å². The van der Waals surface area contributed by atoms with E-state index in [0.29, 0.717) is 5.82 Å². The number of nitrogens with two attached hydrogens (primary N) is 1. The van der Waals surface area contributed by atoms with Gasteiger partial charge in [-0.2, -0.15) is 4.98 Å². The van der Waals surface area contributed by atoms with Crippen LogP contribution in [0.5, 0.6) is 0 Å². The maximum atomic E-state index is 11.5. The number of nitrogen functional groups attached to an aromatic ring is 1. The van der Waals surface area contributed by atoms with Gasteiger partial charge in [-0.3, -0.25) is 14.7 Å². The highest BCUT2D eigenvalue weighted by atomic mass is 16.6. The lowest BCUT2D eigenvalue weighted by Crippen LogP contribution is -2.49. The summed E-state index contributed by atoms with van der Waals surface area (Å²) >= 11 is 0. The van der Waals surface area contributed by atoms with E-state index in [1.165, 1.54) is 6.07 Å². The lowest BCUT2D eigenvalue weighted by atomic mass is 10.1. The molecule has 0 spiro atoms. The minimum atomic E-state index is -0.214. The molecule has 0 bridgehead atoms. The zero-order valence-electron chi connectivity index (χ0n) is 12.8. The van der Waals surface area contributed by atoms with Crippen molar-refractivity contribution in [2.75, 3.05) is 43.4 Å². The van der Waals surface area contributed by atoms with Crippen molar-refractivity contribution >= 4 is 17.5 Å². The van der Waals surface area contributed by atoms with Crippen molar-refractivity contribution < 1.29 is 4.84 Å². The zero-order chi connectivity index (χ0) is 15.5. The van der Waals surface area contributed by atoms with E-state index < -0.39 is 0 Å². The predicted molar refractivity (Wildman–Crippen MR) is 85.1 cm³/mol. The number of hydrogen-bond donors (Lipinski definition) is 2. The molecule has 0 radical (unpaired) electrons. The third-order valence-corrected chi connectivity index (χ3v) is 4.11. The maximum absolute atomic E-state index is 11.5. The monoisotopic (exact) mass is 306 g/mol. The Labute approximate surface area is 128 Å². The number of aromatic nitrogens is 2. The number of aromatic amines is 1. The number of nitrogens with zero attached hydrogens (tertiary/aromatic N) is 4. The van der Waals surface area contributed by atoms with Gasteiger partial charge in [-0.15, -0.1) is 0 Å². The Hall–Kier alpha value is -2.09. The molecule has 3 rings (SSSR count). The van der Waals surface area contributed by atoms with Crippen LogP contribution in [-0.4, -0.2) is 59.4 Å². The molecule has 0 saturated carbocycles. The van der Waals surface area contributed by atoms with E-state index in [0.717, 1.165) is 51.3 Å². The predicted octanol–water partition coefficient (Wildman–Crippen LogP) is 0.0290. The number of hydrogen-bond acceptors (Lipinski definition) is 7. The third kappa shape index (κ3) is 3.38. The summed E-state index contributed by atoms with van der Waals surface area (Å²) in [5.74, 6) is 0.808. The first kappa shape index (κ1) is 14.8. The van der Waals surface area contributed by atoms with E-state index in [1.807, 2.05) is 0 Å². The molecule has 0 aliphatic carbocycles. The van der Waals surface area contributed by atoms with Gasteiger partial charge in [0.05, 0.1) is 5.71 Å². The van der Waals surface area contributed by atoms with Crippen LogP contribution >= 0.6 is 0 Å². The topological polar surface area (TPSA) is 99.8 Å². The molecular weight excluding hydrogens is 284 g/mol. The summed E-state index contributed by atoms with van der Waals surface area (Å²) in [7, 11) is 0. The van der Waals surface area contributed by atoms with E-state index >= 15 is 0 Å². The summed E-state index contributed by atoms with van der Waals surface area (Å²) in [5, 5.41) is 4.10. The average Bonchev–Trinajstić information content (AvgIpc) is 2.95. The van der Waals surface area contributed by atoms with E-state index in [2.05, 4.69) is 31.8 Å². The Kier molecular flexibility index (Phi) is 4.28. The van der Waals surface area contributed by atoms with Crippen LogP contribution in [0, 0.1) is 0 Å². The zero-order valence-corrected chi connectivity index (χ0v) is 12.8. The lowest BCUT2D eigenvalue weighted by molar-refractivity contribution is 0.0510. The van der Waals surface area contributed by atoms with Gasteiger partial charge in [-0.05, 0) is 6.42 Å². The van der Waals surface area contributed by atoms with Crippen molar-refractivity contribution in [2.45, 2.75) is 25.9 Å². The highest BCUT2D eigenvalue weighted by Crippen LogP contribution is 2.16. The van der Waals surface area contributed by atoms with Crippen molar-refractivity contribution in [1.82, 2.24) is 14.9 Å². The second kappa shape index (κ2) is 6.35. The fourth-order valence-corrected chi connectivity index (χ4v) is 2.87. The fraction of sp³-hybridized carbons (Fsp3) is 0.643. The van der Waals surface area contributed by atoms with Gasteiger partial charge >= 0.3 is 0 Å². The van der Waals surface area contributed by atoms with E-state index in [9.17, 15) is 4.79 Å². The first-order chi connectivity index (χ1) is 10.6. The molecule has 3 heterocycles. The molecule has 1 unspecified atom stereocenters. The average molecular weight is 306 g/mol. The normalized spacial score (nSPS) is 22.5. The summed E-state index contributed by atoms with van der Waals surface area (Å²) in [5.41, 5.74) is 6.53. The number of H-pyrrole nitrogens is 1. The molecule has 0 amide bonds. The Morgan fingerprint density at radius 3 is 2.82 bits per heavy atom. The summed E-state index contributed by atoms with van der Waals surface area (Å²) in [4.78, 5) is 28.0. The summed E-state index contributed by atoms with van der Waals surface area (Å²) in [6.45, 7) is 6.47. The largest absolute Gasteiger partial charge is 0.391 e. The molecule has 0 aromatic carbocycles. The van der Waals surface area contributed by atoms with Crippen LogP contribution in [0.25, 0.3) is 0 Å². The lowest BCUT2D eigenvalue weighted by Gasteiger charge is -2.35. The highest BCUT2D eigenvalue weighted by Gasteiger charge is 2.25. The van der Waals surface area contributed by atoms with Crippen LogP contribution in [0.3, 0.4) is 0 Å². The molecule has 8 heteroatoms. The Morgan fingerprint density at radius 2 is 2.18 bits per heavy atom. The second-order valence-electron chi connectivity index (χ2n) is 5.72. The number of piperazine rings is 1. The van der Waals surface area contributed by atoms with Crippen LogP contribution < -0.4 is 16.2 Å². The molecule has 1 aromatic rings. The minimum Gasteiger partial charge on any atom is -0.391 e. The second-order valence-corrected chi connectivity index (χ2v) is 5.72. The third-order valence-electron chi connectivity index (χ3n) is 4.11. The summed E-state index contributed by atoms with van der Waals surface area (Å²) < 4.78 is 0. The Morgan fingerprint density at radius 1 is 1.41 bits per heavy atom. The van der Waals surface area contributed by atoms with Gasteiger partial charge in [-0.25, -0.2) is 0 Å². The molecule has 1 fully saturated rings. The van der Waals surface area contributed by atoms with Crippen molar-refractivity contribution in [3.63, 3.8) is 0 Å². The number of oxime groups is 1. The number of rotatable bonds is 4.